The summed E-state index contributed by atoms with van der Waals surface area (Å²) in [5.74, 6) is -1.16. The van der Waals surface area contributed by atoms with E-state index in [4.69, 9.17) is 22.4 Å². The third-order valence-electron chi connectivity index (χ3n) is 0.989. The van der Waals surface area contributed by atoms with Gasteiger partial charge in [-0.15, -0.1) is 0 Å². The molecule has 3 nitrogen and oxygen atoms in total. The Morgan fingerprint density at radius 2 is 2.20 bits per heavy atom. The van der Waals surface area contributed by atoms with Crippen LogP contribution in [0, 0.1) is 0 Å². The van der Waals surface area contributed by atoms with Crippen molar-refractivity contribution in [2.45, 2.75) is 19.8 Å². The molecule has 10 heavy (non-hydrogen) atoms. The summed E-state index contributed by atoms with van der Waals surface area (Å²) < 4.78 is 0. The van der Waals surface area contributed by atoms with Crippen LogP contribution >= 0.6 is 11.6 Å². The van der Waals surface area contributed by atoms with E-state index in [1.54, 1.807) is 0 Å². The van der Waals surface area contributed by atoms with E-state index in [-0.39, 0.29) is 10.7 Å². The van der Waals surface area contributed by atoms with Crippen molar-refractivity contribution in [3.8, 4) is 0 Å². The Kier molecular flexibility index (Phi) is 3.88. The molecule has 0 aliphatic heterocycles. The van der Waals surface area contributed by atoms with Crippen LogP contribution in [0.5, 0.6) is 0 Å². The number of nitrogens with two attached hydrogens (primary N) is 1. The zero-order chi connectivity index (χ0) is 8.15. The maximum absolute atomic E-state index is 10.1. The van der Waals surface area contributed by atoms with Crippen LogP contribution in [-0.2, 0) is 4.79 Å². The Morgan fingerprint density at radius 1 is 1.70 bits per heavy atom. The average molecular weight is 164 g/mol. The van der Waals surface area contributed by atoms with Gasteiger partial charge in [0.1, 0.15) is 5.03 Å². The van der Waals surface area contributed by atoms with Crippen molar-refractivity contribution in [3.63, 3.8) is 0 Å². The first-order chi connectivity index (χ1) is 4.59. The van der Waals surface area contributed by atoms with Gasteiger partial charge in [-0.2, -0.15) is 0 Å². The van der Waals surface area contributed by atoms with Crippen molar-refractivity contribution in [2.75, 3.05) is 0 Å². The van der Waals surface area contributed by atoms with Crippen LogP contribution in [0.15, 0.2) is 10.7 Å². The first-order valence-electron chi connectivity index (χ1n) is 2.97. The third kappa shape index (κ3) is 2.73. The molecule has 0 atom stereocenters. The van der Waals surface area contributed by atoms with E-state index >= 15 is 0 Å². The second-order valence-electron chi connectivity index (χ2n) is 1.89. The van der Waals surface area contributed by atoms with E-state index in [1.807, 2.05) is 6.92 Å². The predicted octanol–water partition coefficient (Wildman–Crippen LogP) is 1.28. The summed E-state index contributed by atoms with van der Waals surface area (Å²) in [6.07, 6.45) is 1.33. The fraction of sp³-hybridized carbons (Fsp3) is 0.500. The Hall–Kier alpha value is -0.700. The van der Waals surface area contributed by atoms with Gasteiger partial charge in [0.05, 0.1) is 0 Å². The molecule has 0 aromatic heterocycles. The van der Waals surface area contributed by atoms with Gasteiger partial charge in [0.2, 0.25) is 0 Å². The maximum atomic E-state index is 10.1. The molecule has 0 radical (unpaired) electrons. The van der Waals surface area contributed by atoms with E-state index in [1.165, 1.54) is 0 Å². The second-order valence-corrected chi connectivity index (χ2v) is 2.27. The standard InChI is InChI=1S/C6H10ClNO2/c1-2-3-4(8)5(7)6(9)10/h2-3,8H2,1H3,(H,9,10). The fourth-order valence-corrected chi connectivity index (χ4v) is 0.611. The molecule has 3 N–H and O–H groups in total. The van der Waals surface area contributed by atoms with Crippen LogP contribution < -0.4 is 5.73 Å². The van der Waals surface area contributed by atoms with Gasteiger partial charge in [-0.3, -0.25) is 0 Å². The number of aliphatic carboxylic acids is 1. The van der Waals surface area contributed by atoms with Crippen LogP contribution in [0.2, 0.25) is 0 Å². The minimum absolute atomic E-state index is 0.247. The van der Waals surface area contributed by atoms with Gasteiger partial charge >= 0.3 is 5.97 Å². The summed E-state index contributed by atoms with van der Waals surface area (Å²) in [5.41, 5.74) is 5.54. The Balaban J connectivity index is 4.19. The number of hydrogen-bond acceptors (Lipinski definition) is 2. The molecule has 0 heterocycles. The van der Waals surface area contributed by atoms with Crippen molar-refractivity contribution in [1.29, 1.82) is 0 Å². The molecule has 0 saturated heterocycles. The topological polar surface area (TPSA) is 63.3 Å². The summed E-state index contributed by atoms with van der Waals surface area (Å²) in [7, 11) is 0. The van der Waals surface area contributed by atoms with Gasteiger partial charge < -0.3 is 10.8 Å². The van der Waals surface area contributed by atoms with Crippen LogP contribution in [0.1, 0.15) is 19.8 Å². The second kappa shape index (κ2) is 4.17. The minimum atomic E-state index is -1.16. The molecule has 0 unspecified atom stereocenters. The fourth-order valence-electron chi connectivity index (χ4n) is 0.516. The molecule has 0 aromatic rings. The largest absolute Gasteiger partial charge is 0.477 e. The quantitative estimate of drug-likeness (QED) is 0.616. The highest BCUT2D eigenvalue weighted by atomic mass is 35.5. The molecular formula is C6H10ClNO2. The molecule has 0 aromatic carbocycles. The normalized spacial score (nSPS) is 12.6. The van der Waals surface area contributed by atoms with Crippen molar-refractivity contribution in [2.24, 2.45) is 5.73 Å². The summed E-state index contributed by atoms with van der Waals surface area (Å²) in [5, 5.41) is 8.05. The molecule has 0 spiro atoms. The van der Waals surface area contributed by atoms with E-state index < -0.39 is 5.97 Å². The van der Waals surface area contributed by atoms with Crippen molar-refractivity contribution < 1.29 is 9.90 Å². The average Bonchev–Trinajstić information content (AvgIpc) is 1.87. The van der Waals surface area contributed by atoms with Crippen LogP contribution in [-0.4, -0.2) is 11.1 Å². The van der Waals surface area contributed by atoms with Crippen molar-refractivity contribution in [3.05, 3.63) is 10.7 Å². The third-order valence-corrected chi connectivity index (χ3v) is 1.39. The van der Waals surface area contributed by atoms with Crippen LogP contribution in [0.25, 0.3) is 0 Å². The highest BCUT2D eigenvalue weighted by Gasteiger charge is 2.06. The molecule has 0 saturated carbocycles. The highest BCUT2D eigenvalue weighted by Crippen LogP contribution is 2.09. The first-order valence-corrected chi connectivity index (χ1v) is 3.34. The first kappa shape index (κ1) is 9.30. The van der Waals surface area contributed by atoms with Gasteiger partial charge in [-0.25, -0.2) is 4.79 Å². The SMILES string of the molecule is CCCC(N)=C(Cl)C(=O)O. The van der Waals surface area contributed by atoms with E-state index in [0.29, 0.717) is 6.42 Å². The molecule has 0 rings (SSSR count). The van der Waals surface area contributed by atoms with Gasteiger partial charge in [-0.1, -0.05) is 24.9 Å². The smallest absolute Gasteiger partial charge is 0.349 e. The highest BCUT2D eigenvalue weighted by molar-refractivity contribution is 6.41. The van der Waals surface area contributed by atoms with Crippen LogP contribution in [0.3, 0.4) is 0 Å². The lowest BCUT2D eigenvalue weighted by Gasteiger charge is -1.98. The molecule has 58 valence electrons. The lowest BCUT2D eigenvalue weighted by molar-refractivity contribution is -0.131. The summed E-state index contributed by atoms with van der Waals surface area (Å²) in [6, 6.07) is 0. The predicted molar refractivity (Wildman–Crippen MR) is 39.6 cm³/mol. The van der Waals surface area contributed by atoms with E-state index in [2.05, 4.69) is 0 Å². The van der Waals surface area contributed by atoms with Gasteiger partial charge in [0.25, 0.3) is 0 Å². The summed E-state index contributed by atoms with van der Waals surface area (Å²) >= 11 is 5.30. The van der Waals surface area contributed by atoms with Crippen molar-refractivity contribution >= 4 is 17.6 Å². The molecular weight excluding hydrogens is 154 g/mol. The minimum Gasteiger partial charge on any atom is -0.477 e. The van der Waals surface area contributed by atoms with Gasteiger partial charge in [-0.05, 0) is 6.42 Å². The Morgan fingerprint density at radius 3 is 2.50 bits per heavy atom. The van der Waals surface area contributed by atoms with Gasteiger partial charge in [0, 0.05) is 5.70 Å². The number of rotatable bonds is 3. The van der Waals surface area contributed by atoms with E-state index in [0.717, 1.165) is 6.42 Å². The van der Waals surface area contributed by atoms with Crippen molar-refractivity contribution in [1.82, 2.24) is 0 Å². The Labute approximate surface area is 64.5 Å². The molecule has 0 fully saturated rings. The molecule has 0 aliphatic rings. The lowest BCUT2D eigenvalue weighted by atomic mass is 10.2. The molecule has 0 bridgehead atoms. The summed E-state index contributed by atoms with van der Waals surface area (Å²) in [4.78, 5) is 10.1. The maximum Gasteiger partial charge on any atom is 0.349 e. The molecule has 0 amide bonds. The van der Waals surface area contributed by atoms with Gasteiger partial charge in [0.15, 0.2) is 0 Å². The number of allylic oxidation sites excluding steroid dienone is 1. The summed E-state index contributed by atoms with van der Waals surface area (Å²) in [6.45, 7) is 1.90. The zero-order valence-corrected chi connectivity index (χ0v) is 6.48. The number of hydrogen-bond donors (Lipinski definition) is 2. The number of carboxylic acids is 1. The van der Waals surface area contributed by atoms with Crippen LogP contribution in [0.4, 0.5) is 0 Å². The molecule has 4 heteroatoms. The Bertz CT molecular complexity index is 165. The monoisotopic (exact) mass is 163 g/mol. The number of carbonyl (C=O) groups is 1. The molecule has 0 aliphatic carbocycles. The van der Waals surface area contributed by atoms with E-state index in [9.17, 15) is 4.79 Å². The lowest BCUT2D eigenvalue weighted by Crippen LogP contribution is -2.05. The zero-order valence-electron chi connectivity index (χ0n) is 5.72. The number of halogens is 1. The number of carboxylic acid groups (broad SMARTS) is 1.